The van der Waals surface area contributed by atoms with Gasteiger partial charge in [0.1, 0.15) is 0 Å². The highest BCUT2D eigenvalue weighted by Crippen LogP contribution is 2.19. The third-order valence-electron chi connectivity index (χ3n) is 3.78. The Morgan fingerprint density at radius 2 is 2.19 bits per heavy atom. The van der Waals surface area contributed by atoms with Crippen molar-refractivity contribution in [2.75, 3.05) is 33.7 Å². The molecule has 21 heavy (non-hydrogen) atoms. The molecule has 0 unspecified atom stereocenters. The average molecular weight is 423 g/mol. The van der Waals surface area contributed by atoms with Gasteiger partial charge in [-0.1, -0.05) is 0 Å². The number of aliphatic imine (C=N–C) groups is 1. The quantitative estimate of drug-likeness (QED) is 0.443. The number of piperidine rings is 1. The van der Waals surface area contributed by atoms with E-state index in [4.69, 9.17) is 0 Å². The van der Waals surface area contributed by atoms with Crippen molar-refractivity contribution in [3.8, 4) is 0 Å². The van der Waals surface area contributed by atoms with E-state index in [0.29, 0.717) is 0 Å². The lowest BCUT2D eigenvalue weighted by Crippen LogP contribution is -2.41. The van der Waals surface area contributed by atoms with Gasteiger partial charge in [-0.2, -0.15) is 0 Å². The fourth-order valence-electron chi connectivity index (χ4n) is 2.58. The first-order valence-electron chi connectivity index (χ1n) is 7.23. The first kappa shape index (κ1) is 18.6. The van der Waals surface area contributed by atoms with Crippen molar-refractivity contribution in [1.29, 1.82) is 0 Å². The minimum atomic E-state index is 0. The smallest absolute Gasteiger partial charge is 0.190 e. The zero-order chi connectivity index (χ0) is 14.4. The number of thiazole rings is 1. The van der Waals surface area contributed by atoms with Crippen LogP contribution in [0.3, 0.4) is 0 Å². The number of likely N-dealkylation sites (tertiary alicyclic amines) is 1. The van der Waals surface area contributed by atoms with Gasteiger partial charge >= 0.3 is 0 Å². The standard InChI is InChI=1S/C14H25N5S.HI/c1-11-18-13(10-20-11)9-19-6-4-12(5-7-19)8-17-14(15-2)16-3;/h10,12H,4-9H2,1-3H3,(H2,15,16,17);1H. The number of aryl methyl sites for hydroxylation is 1. The summed E-state index contributed by atoms with van der Waals surface area (Å²) in [5.74, 6) is 1.62. The number of nitrogens with one attached hydrogen (secondary N) is 2. The maximum atomic E-state index is 4.55. The van der Waals surface area contributed by atoms with Gasteiger partial charge in [0.2, 0.25) is 0 Å². The second-order valence-electron chi connectivity index (χ2n) is 5.28. The molecule has 0 aromatic carbocycles. The largest absolute Gasteiger partial charge is 0.359 e. The van der Waals surface area contributed by atoms with Gasteiger partial charge in [-0.05, 0) is 38.8 Å². The Balaban J connectivity index is 0.00000220. The highest BCUT2D eigenvalue weighted by molar-refractivity contribution is 14.0. The highest BCUT2D eigenvalue weighted by Gasteiger charge is 2.19. The summed E-state index contributed by atoms with van der Waals surface area (Å²) in [5, 5.41) is 9.77. The van der Waals surface area contributed by atoms with Crippen molar-refractivity contribution in [2.24, 2.45) is 10.9 Å². The van der Waals surface area contributed by atoms with Crippen LogP contribution in [0.1, 0.15) is 23.5 Å². The van der Waals surface area contributed by atoms with Crippen LogP contribution < -0.4 is 10.6 Å². The fourth-order valence-corrected chi connectivity index (χ4v) is 3.18. The summed E-state index contributed by atoms with van der Waals surface area (Å²) in [7, 11) is 3.70. The molecule has 5 nitrogen and oxygen atoms in total. The molecule has 0 atom stereocenters. The monoisotopic (exact) mass is 423 g/mol. The average Bonchev–Trinajstić information content (AvgIpc) is 2.87. The molecule has 1 aliphatic heterocycles. The van der Waals surface area contributed by atoms with Crippen LogP contribution in [0.2, 0.25) is 0 Å². The van der Waals surface area contributed by atoms with Crippen LogP contribution in [0.5, 0.6) is 0 Å². The molecule has 7 heteroatoms. The van der Waals surface area contributed by atoms with Gasteiger partial charge in [-0.25, -0.2) is 4.98 Å². The fraction of sp³-hybridized carbons (Fsp3) is 0.714. The van der Waals surface area contributed by atoms with E-state index in [2.05, 4.69) is 37.8 Å². The van der Waals surface area contributed by atoms with Crippen molar-refractivity contribution >= 4 is 41.3 Å². The first-order chi connectivity index (χ1) is 9.71. The van der Waals surface area contributed by atoms with E-state index in [0.717, 1.165) is 30.0 Å². The molecule has 1 aromatic rings. The SMILES string of the molecule is CN=C(NC)NCC1CCN(Cc2csc(C)n2)CC1.I. The topological polar surface area (TPSA) is 52.6 Å². The lowest BCUT2D eigenvalue weighted by atomic mass is 9.97. The number of hydrogen-bond donors (Lipinski definition) is 2. The molecule has 1 aliphatic rings. The lowest BCUT2D eigenvalue weighted by molar-refractivity contribution is 0.176. The Kier molecular flexibility index (Phi) is 8.50. The Hall–Kier alpha value is -0.410. The maximum Gasteiger partial charge on any atom is 0.190 e. The molecule has 0 bridgehead atoms. The van der Waals surface area contributed by atoms with E-state index in [1.807, 2.05) is 7.05 Å². The van der Waals surface area contributed by atoms with Crippen LogP contribution in [-0.4, -0.2) is 49.6 Å². The van der Waals surface area contributed by atoms with Crippen LogP contribution in [0.25, 0.3) is 0 Å². The van der Waals surface area contributed by atoms with Gasteiger partial charge in [0, 0.05) is 32.6 Å². The van der Waals surface area contributed by atoms with Gasteiger partial charge in [0.25, 0.3) is 0 Å². The molecule has 0 radical (unpaired) electrons. The summed E-state index contributed by atoms with van der Waals surface area (Å²) in [6.45, 7) is 6.42. The van der Waals surface area contributed by atoms with E-state index in [1.54, 1.807) is 18.4 Å². The van der Waals surface area contributed by atoms with E-state index in [1.165, 1.54) is 31.6 Å². The van der Waals surface area contributed by atoms with Crippen molar-refractivity contribution < 1.29 is 0 Å². The zero-order valence-corrected chi connectivity index (χ0v) is 16.2. The molecule has 2 rings (SSSR count). The molecule has 2 N–H and O–H groups in total. The van der Waals surface area contributed by atoms with Crippen molar-refractivity contribution in [3.05, 3.63) is 16.1 Å². The molecule has 0 spiro atoms. The third kappa shape index (κ3) is 6.07. The summed E-state index contributed by atoms with van der Waals surface area (Å²) < 4.78 is 0. The van der Waals surface area contributed by atoms with Crippen LogP contribution in [0.15, 0.2) is 10.4 Å². The van der Waals surface area contributed by atoms with Crippen LogP contribution in [-0.2, 0) is 6.54 Å². The number of aromatic nitrogens is 1. The van der Waals surface area contributed by atoms with Gasteiger partial charge < -0.3 is 10.6 Å². The van der Waals surface area contributed by atoms with Crippen LogP contribution in [0.4, 0.5) is 0 Å². The number of nitrogens with zero attached hydrogens (tertiary/aromatic N) is 3. The molecule has 1 fully saturated rings. The van der Waals surface area contributed by atoms with Crippen molar-refractivity contribution in [2.45, 2.75) is 26.3 Å². The Morgan fingerprint density at radius 1 is 1.48 bits per heavy atom. The second kappa shape index (κ2) is 9.58. The second-order valence-corrected chi connectivity index (χ2v) is 6.34. The summed E-state index contributed by atoms with van der Waals surface area (Å²) in [5.41, 5.74) is 1.22. The Labute approximate surface area is 148 Å². The lowest BCUT2D eigenvalue weighted by Gasteiger charge is -2.31. The third-order valence-corrected chi connectivity index (χ3v) is 4.60. The van der Waals surface area contributed by atoms with E-state index < -0.39 is 0 Å². The van der Waals surface area contributed by atoms with Gasteiger partial charge in [0.15, 0.2) is 5.96 Å². The highest BCUT2D eigenvalue weighted by atomic mass is 127. The van der Waals surface area contributed by atoms with E-state index >= 15 is 0 Å². The van der Waals surface area contributed by atoms with Gasteiger partial charge in [-0.15, -0.1) is 35.3 Å². The van der Waals surface area contributed by atoms with Crippen LogP contribution in [0, 0.1) is 12.8 Å². The predicted octanol–water partition coefficient (Wildman–Crippen LogP) is 2.08. The van der Waals surface area contributed by atoms with Gasteiger partial charge in [0.05, 0.1) is 10.7 Å². The van der Waals surface area contributed by atoms with Gasteiger partial charge in [-0.3, -0.25) is 9.89 Å². The maximum absolute atomic E-state index is 4.55. The zero-order valence-electron chi connectivity index (χ0n) is 13.1. The minimum Gasteiger partial charge on any atom is -0.359 e. The van der Waals surface area contributed by atoms with Crippen LogP contribution >= 0.6 is 35.3 Å². The molecule has 1 saturated heterocycles. The number of guanidine groups is 1. The summed E-state index contributed by atoms with van der Waals surface area (Å²) in [6, 6.07) is 0. The first-order valence-corrected chi connectivity index (χ1v) is 8.11. The summed E-state index contributed by atoms with van der Waals surface area (Å²) in [6.07, 6.45) is 2.49. The van der Waals surface area contributed by atoms with E-state index in [-0.39, 0.29) is 24.0 Å². The molecule has 2 heterocycles. The minimum absolute atomic E-state index is 0. The van der Waals surface area contributed by atoms with E-state index in [9.17, 15) is 0 Å². The molecule has 0 saturated carbocycles. The number of hydrogen-bond acceptors (Lipinski definition) is 4. The number of rotatable bonds is 4. The summed E-state index contributed by atoms with van der Waals surface area (Å²) in [4.78, 5) is 11.2. The molecule has 0 amide bonds. The number of halogens is 1. The van der Waals surface area contributed by atoms with Crippen molar-refractivity contribution in [1.82, 2.24) is 20.5 Å². The summed E-state index contributed by atoms with van der Waals surface area (Å²) >= 11 is 1.74. The van der Waals surface area contributed by atoms with Crippen molar-refractivity contribution in [3.63, 3.8) is 0 Å². The molecule has 0 aliphatic carbocycles. The molecule has 1 aromatic heterocycles. The molecular weight excluding hydrogens is 397 g/mol. The Morgan fingerprint density at radius 3 is 2.71 bits per heavy atom. The molecular formula is C14H26IN5S. The Bertz CT molecular complexity index is 440. The normalized spacial score (nSPS) is 17.4. The predicted molar refractivity (Wildman–Crippen MR) is 101 cm³/mol. The molecule has 120 valence electrons.